The third-order valence-corrected chi connectivity index (χ3v) is 6.35. The molecule has 1 aromatic carbocycles. The molecule has 2 aliphatic carbocycles. The second kappa shape index (κ2) is 5.46. The highest BCUT2D eigenvalue weighted by molar-refractivity contribution is 6.07. The van der Waals surface area contributed by atoms with Crippen molar-refractivity contribution in [2.24, 2.45) is 16.7 Å². The molecule has 126 valence electrons. The summed E-state index contributed by atoms with van der Waals surface area (Å²) in [5, 5.41) is 0. The van der Waals surface area contributed by atoms with Crippen molar-refractivity contribution in [3.05, 3.63) is 35.4 Å². The zero-order valence-electron chi connectivity index (χ0n) is 15.1. The minimum atomic E-state index is -0.161. The van der Waals surface area contributed by atoms with Crippen LogP contribution in [0.4, 0.5) is 5.69 Å². The first-order chi connectivity index (χ1) is 10.1. The lowest BCUT2D eigenvalue weighted by molar-refractivity contribution is -0.125. The van der Waals surface area contributed by atoms with Gasteiger partial charge in [0.25, 0.3) is 0 Å². The summed E-state index contributed by atoms with van der Waals surface area (Å²) in [6.45, 7) is 6.70. The number of hydrogen-bond donors (Lipinski definition) is 0. The molecule has 0 aliphatic heterocycles. The fraction of sp³-hybridized carbons (Fsp3) is 0.550. The third-order valence-electron chi connectivity index (χ3n) is 6.35. The number of Topliss-reactive ketones (excluding diaryl/α,β-unsaturated/α-hetero) is 1. The lowest BCUT2D eigenvalue weighted by atomic mass is 9.70. The van der Waals surface area contributed by atoms with Gasteiger partial charge in [0.2, 0.25) is 0 Å². The van der Waals surface area contributed by atoms with Crippen molar-refractivity contribution in [2.45, 2.75) is 33.6 Å². The maximum absolute atomic E-state index is 12.9. The van der Waals surface area contributed by atoms with Gasteiger partial charge in [0, 0.05) is 5.41 Å². The van der Waals surface area contributed by atoms with E-state index >= 15 is 0 Å². The van der Waals surface area contributed by atoms with Gasteiger partial charge in [-0.2, -0.15) is 0 Å². The standard InChI is InChI=1S/C20H28NO.ClH/c1-19(2)17-11-12-20(19,3)18(22)16(17)13-14-7-9-15(10-8-14)21(4,5)6;/h7-10,13,17H,11-12H2,1-6H3;1H/q+1;/p-1. The molecule has 2 unspecified atom stereocenters. The highest BCUT2D eigenvalue weighted by atomic mass is 35.5. The van der Waals surface area contributed by atoms with Gasteiger partial charge < -0.3 is 12.4 Å². The molecule has 0 saturated heterocycles. The molecule has 3 heteroatoms. The quantitative estimate of drug-likeness (QED) is 0.589. The molecule has 2 saturated carbocycles. The Hall–Kier alpha value is -1.12. The van der Waals surface area contributed by atoms with E-state index in [1.165, 1.54) is 5.69 Å². The molecule has 0 aromatic heterocycles. The molecule has 2 nitrogen and oxygen atoms in total. The van der Waals surface area contributed by atoms with Gasteiger partial charge in [0.1, 0.15) is 5.69 Å². The van der Waals surface area contributed by atoms with Crippen molar-refractivity contribution >= 4 is 17.5 Å². The maximum atomic E-state index is 12.9. The average Bonchev–Trinajstić information content (AvgIpc) is 2.73. The number of hydrogen-bond acceptors (Lipinski definition) is 1. The van der Waals surface area contributed by atoms with Crippen LogP contribution in [0.15, 0.2) is 29.8 Å². The van der Waals surface area contributed by atoms with E-state index in [9.17, 15) is 4.79 Å². The van der Waals surface area contributed by atoms with Crippen LogP contribution in [0.2, 0.25) is 0 Å². The van der Waals surface area contributed by atoms with Gasteiger partial charge in [-0.1, -0.05) is 20.8 Å². The number of nitrogens with zero attached hydrogens (tertiary/aromatic N) is 1. The first kappa shape index (κ1) is 18.2. The van der Waals surface area contributed by atoms with Crippen molar-refractivity contribution in [3.63, 3.8) is 0 Å². The van der Waals surface area contributed by atoms with E-state index in [0.717, 1.165) is 28.5 Å². The maximum Gasteiger partial charge on any atom is 0.165 e. The molecule has 0 heterocycles. The zero-order chi connectivity index (χ0) is 16.3. The van der Waals surface area contributed by atoms with Crippen LogP contribution in [0, 0.1) is 16.7 Å². The minimum absolute atomic E-state index is 0. The van der Waals surface area contributed by atoms with Crippen LogP contribution in [-0.2, 0) is 4.79 Å². The van der Waals surface area contributed by atoms with Crippen LogP contribution >= 0.6 is 0 Å². The number of halogens is 1. The van der Waals surface area contributed by atoms with Crippen molar-refractivity contribution < 1.29 is 17.2 Å². The molecule has 0 N–H and O–H groups in total. The summed E-state index contributed by atoms with van der Waals surface area (Å²) in [6.07, 6.45) is 4.33. The number of ketones is 1. The van der Waals surface area contributed by atoms with Gasteiger partial charge in [0.15, 0.2) is 5.78 Å². The highest BCUT2D eigenvalue weighted by Crippen LogP contribution is 2.65. The summed E-state index contributed by atoms with van der Waals surface area (Å²) < 4.78 is 0.809. The Labute approximate surface area is 146 Å². The smallest absolute Gasteiger partial charge is 0.165 e. The van der Waals surface area contributed by atoms with Gasteiger partial charge in [-0.05, 0) is 65.7 Å². The van der Waals surface area contributed by atoms with E-state index in [2.05, 4.69) is 72.3 Å². The molecule has 23 heavy (non-hydrogen) atoms. The van der Waals surface area contributed by atoms with Gasteiger partial charge >= 0.3 is 0 Å². The average molecular weight is 334 g/mol. The van der Waals surface area contributed by atoms with E-state index in [0.29, 0.717) is 11.7 Å². The second-order valence-electron chi connectivity index (χ2n) is 8.68. The van der Waals surface area contributed by atoms with Gasteiger partial charge in [-0.25, -0.2) is 0 Å². The predicted octanol–water partition coefficient (Wildman–Crippen LogP) is 1.30. The first-order valence-corrected chi connectivity index (χ1v) is 8.26. The van der Waals surface area contributed by atoms with E-state index in [4.69, 9.17) is 0 Å². The van der Waals surface area contributed by atoms with Crippen LogP contribution in [0.25, 0.3) is 6.08 Å². The largest absolute Gasteiger partial charge is 1.00 e. The number of benzene rings is 1. The molecule has 0 amide bonds. The Morgan fingerprint density at radius 3 is 2.09 bits per heavy atom. The van der Waals surface area contributed by atoms with Crippen LogP contribution in [0.5, 0.6) is 0 Å². The second-order valence-corrected chi connectivity index (χ2v) is 8.68. The summed E-state index contributed by atoms with van der Waals surface area (Å²) in [6, 6.07) is 8.61. The summed E-state index contributed by atoms with van der Waals surface area (Å²) in [4.78, 5) is 12.9. The number of carbonyl (C=O) groups is 1. The minimum Gasteiger partial charge on any atom is -1.00 e. The number of fused-ring (bicyclic) bond motifs is 2. The van der Waals surface area contributed by atoms with Crippen molar-refractivity contribution in [1.29, 1.82) is 0 Å². The number of rotatable bonds is 2. The van der Waals surface area contributed by atoms with E-state index in [1.807, 2.05) is 0 Å². The lowest BCUT2D eigenvalue weighted by Crippen LogP contribution is -3.00. The first-order valence-electron chi connectivity index (χ1n) is 8.26. The van der Waals surface area contributed by atoms with Crippen molar-refractivity contribution in [3.8, 4) is 0 Å². The van der Waals surface area contributed by atoms with Crippen LogP contribution in [0.1, 0.15) is 39.2 Å². The zero-order valence-corrected chi connectivity index (χ0v) is 15.9. The fourth-order valence-corrected chi connectivity index (χ4v) is 4.29. The monoisotopic (exact) mass is 333 g/mol. The number of quaternary nitrogens is 1. The normalized spacial score (nSPS) is 30.6. The highest BCUT2D eigenvalue weighted by Gasteiger charge is 2.63. The molecule has 2 fully saturated rings. The van der Waals surface area contributed by atoms with E-state index < -0.39 is 0 Å². The van der Waals surface area contributed by atoms with Crippen LogP contribution in [0.3, 0.4) is 0 Å². The fourth-order valence-electron chi connectivity index (χ4n) is 4.29. The predicted molar refractivity (Wildman–Crippen MR) is 93.6 cm³/mol. The molecular weight excluding hydrogens is 306 g/mol. The molecular formula is C20H28ClNO. The topological polar surface area (TPSA) is 17.1 Å². The van der Waals surface area contributed by atoms with Gasteiger partial charge in [-0.3, -0.25) is 9.28 Å². The summed E-state index contributed by atoms with van der Waals surface area (Å²) in [5.74, 6) is 0.799. The van der Waals surface area contributed by atoms with Crippen molar-refractivity contribution in [2.75, 3.05) is 21.1 Å². The Bertz CT molecular complexity index is 651. The van der Waals surface area contributed by atoms with Crippen LogP contribution < -0.4 is 16.9 Å². The summed E-state index contributed by atoms with van der Waals surface area (Å²) in [7, 11) is 6.49. The van der Waals surface area contributed by atoms with Crippen molar-refractivity contribution in [1.82, 2.24) is 4.48 Å². The third kappa shape index (κ3) is 2.56. The molecule has 2 atom stereocenters. The van der Waals surface area contributed by atoms with E-state index in [-0.39, 0.29) is 23.2 Å². The molecule has 0 spiro atoms. The van der Waals surface area contributed by atoms with Gasteiger partial charge in [-0.15, -0.1) is 0 Å². The molecule has 3 rings (SSSR count). The van der Waals surface area contributed by atoms with Gasteiger partial charge in [0.05, 0.1) is 21.1 Å². The molecule has 2 bridgehead atoms. The molecule has 0 radical (unpaired) electrons. The Balaban J connectivity index is 0.00000192. The SMILES string of the molecule is CC12CCC(C(=Cc3ccc([N+](C)(C)C)cc3)C1=O)C2(C)C.[Cl-]. The summed E-state index contributed by atoms with van der Waals surface area (Å²) in [5.41, 5.74) is 3.40. The molecule has 2 aliphatic rings. The Morgan fingerprint density at radius 1 is 1.09 bits per heavy atom. The summed E-state index contributed by atoms with van der Waals surface area (Å²) >= 11 is 0. The number of carbonyl (C=O) groups excluding carboxylic acids is 1. The van der Waals surface area contributed by atoms with Crippen LogP contribution in [-0.4, -0.2) is 26.9 Å². The Morgan fingerprint density at radius 2 is 1.65 bits per heavy atom. The molecule has 1 aromatic rings. The lowest BCUT2D eigenvalue weighted by Gasteiger charge is -2.31. The Kier molecular flexibility index (Phi) is 4.32. The van der Waals surface area contributed by atoms with E-state index in [1.54, 1.807) is 0 Å². The number of allylic oxidation sites excluding steroid dienone is 1.